The number of aromatic nitrogens is 3. The number of ether oxygens (including phenoxy) is 4. The van der Waals surface area contributed by atoms with Crippen LogP contribution in [0.2, 0.25) is 0 Å². The predicted octanol–water partition coefficient (Wildman–Crippen LogP) is 2.82. The van der Waals surface area contributed by atoms with E-state index in [2.05, 4.69) is 20.3 Å². The fourth-order valence-corrected chi connectivity index (χ4v) is 5.13. The number of likely N-dealkylation sites (tertiary alicyclic amines) is 1. The third-order valence-corrected chi connectivity index (χ3v) is 7.36. The van der Waals surface area contributed by atoms with Gasteiger partial charge < -0.3 is 34.1 Å². The number of H-pyrrole nitrogens is 1. The van der Waals surface area contributed by atoms with Gasteiger partial charge in [0.15, 0.2) is 11.5 Å². The maximum atomic E-state index is 13.5. The Morgan fingerprint density at radius 1 is 1.16 bits per heavy atom. The third-order valence-electron chi connectivity index (χ3n) is 7.36. The van der Waals surface area contributed by atoms with Gasteiger partial charge in [0.05, 0.1) is 23.3 Å². The van der Waals surface area contributed by atoms with E-state index >= 15 is 0 Å². The quantitative estimate of drug-likeness (QED) is 0.463. The van der Waals surface area contributed by atoms with E-state index < -0.39 is 0 Å². The van der Waals surface area contributed by atoms with Crippen molar-refractivity contribution in [2.24, 2.45) is 5.92 Å². The van der Waals surface area contributed by atoms with E-state index in [-0.39, 0.29) is 31.3 Å². The molecular formula is C27H31N5O6. The zero-order chi connectivity index (χ0) is 26.2. The van der Waals surface area contributed by atoms with Gasteiger partial charge in [-0.3, -0.25) is 9.59 Å². The second kappa shape index (κ2) is 10.1. The molecule has 0 radical (unpaired) electrons. The fraction of sp³-hybridized carbons (Fsp3) is 0.481. The van der Waals surface area contributed by atoms with Crippen LogP contribution < -0.4 is 19.5 Å². The van der Waals surface area contributed by atoms with E-state index in [1.165, 1.54) is 26.3 Å². The number of aromatic amines is 1. The van der Waals surface area contributed by atoms with Crippen molar-refractivity contribution in [3.05, 3.63) is 29.7 Å². The molecule has 6 rings (SSSR count). The summed E-state index contributed by atoms with van der Waals surface area (Å²) < 4.78 is 22.6. The summed E-state index contributed by atoms with van der Waals surface area (Å²) in [5.74, 6) is 2.20. The molecule has 200 valence electrons. The average Bonchev–Trinajstić information content (AvgIpc) is 3.50. The van der Waals surface area contributed by atoms with Crippen molar-refractivity contribution in [3.63, 3.8) is 0 Å². The van der Waals surface area contributed by atoms with Crippen molar-refractivity contribution in [1.82, 2.24) is 25.2 Å². The molecule has 0 spiro atoms. The van der Waals surface area contributed by atoms with E-state index in [1.807, 2.05) is 19.1 Å². The van der Waals surface area contributed by atoms with Crippen LogP contribution in [0.3, 0.4) is 0 Å². The summed E-state index contributed by atoms with van der Waals surface area (Å²) >= 11 is 0. The number of fused-ring (bicyclic) bond motifs is 2. The molecule has 1 saturated carbocycles. The number of methoxy groups -OCH3 is 1. The molecule has 38 heavy (non-hydrogen) atoms. The Labute approximate surface area is 219 Å². The standard InChI is InChI=1S/C27H31N5O6/c1-15-21(27(34)31-17-7-9-32(10-8-17)20(33)12-35-2)23-25(30-15)24(29-13-28-23)22-18(36-11-16-3-4-16)5-6-19-26(22)38-14-37-19/h5-6,13,16-17,30H,3-4,7-12,14H2,1-2H3,(H,31,34). The minimum Gasteiger partial charge on any atom is -0.492 e. The minimum absolute atomic E-state index is 0.0313. The lowest BCUT2D eigenvalue weighted by molar-refractivity contribution is -0.136. The van der Waals surface area contributed by atoms with Crippen molar-refractivity contribution in [2.75, 3.05) is 40.2 Å². The summed E-state index contributed by atoms with van der Waals surface area (Å²) in [6.45, 7) is 3.84. The molecule has 2 aromatic heterocycles. The molecule has 0 unspecified atom stereocenters. The molecule has 1 saturated heterocycles. The SMILES string of the molecule is COCC(=O)N1CCC(NC(=O)c2c(C)[nH]c3c(-c4c(OCC5CC5)ccc5c4OCO5)ncnc23)CC1. The first-order valence-electron chi connectivity index (χ1n) is 13.0. The van der Waals surface area contributed by atoms with Gasteiger partial charge in [-0.15, -0.1) is 0 Å². The van der Waals surface area contributed by atoms with Crippen LogP contribution in [0, 0.1) is 12.8 Å². The number of piperidine rings is 1. The number of amides is 2. The molecule has 4 heterocycles. The lowest BCUT2D eigenvalue weighted by atomic mass is 10.0. The molecule has 2 amide bonds. The van der Waals surface area contributed by atoms with Gasteiger partial charge in [0.25, 0.3) is 5.91 Å². The zero-order valence-corrected chi connectivity index (χ0v) is 21.5. The van der Waals surface area contributed by atoms with Crippen molar-refractivity contribution < 1.29 is 28.5 Å². The molecule has 2 N–H and O–H groups in total. The highest BCUT2D eigenvalue weighted by atomic mass is 16.7. The van der Waals surface area contributed by atoms with Crippen LogP contribution in [-0.4, -0.2) is 77.9 Å². The summed E-state index contributed by atoms with van der Waals surface area (Å²) in [4.78, 5) is 39.7. The maximum Gasteiger partial charge on any atom is 0.255 e. The van der Waals surface area contributed by atoms with Crippen LogP contribution in [0.4, 0.5) is 0 Å². The van der Waals surface area contributed by atoms with Gasteiger partial charge in [0.2, 0.25) is 12.7 Å². The largest absolute Gasteiger partial charge is 0.492 e. The third kappa shape index (κ3) is 4.62. The summed E-state index contributed by atoms with van der Waals surface area (Å²) in [6.07, 6.45) is 5.17. The lowest BCUT2D eigenvalue weighted by Crippen LogP contribution is -2.47. The molecule has 2 aliphatic heterocycles. The second-order valence-corrected chi connectivity index (χ2v) is 10.1. The Morgan fingerprint density at radius 3 is 2.74 bits per heavy atom. The van der Waals surface area contributed by atoms with Gasteiger partial charge in [-0.2, -0.15) is 0 Å². The number of hydrogen-bond acceptors (Lipinski definition) is 8. The Bertz CT molecular complexity index is 1380. The first kappa shape index (κ1) is 24.5. The van der Waals surface area contributed by atoms with Crippen molar-refractivity contribution in [1.29, 1.82) is 0 Å². The predicted molar refractivity (Wildman–Crippen MR) is 137 cm³/mol. The van der Waals surface area contributed by atoms with Gasteiger partial charge in [0.1, 0.15) is 29.9 Å². The molecule has 11 heteroatoms. The van der Waals surface area contributed by atoms with E-state index in [0.29, 0.717) is 89.3 Å². The van der Waals surface area contributed by atoms with Crippen LogP contribution in [0.5, 0.6) is 17.2 Å². The highest BCUT2D eigenvalue weighted by Crippen LogP contribution is 2.48. The van der Waals surface area contributed by atoms with Crippen LogP contribution in [0.15, 0.2) is 18.5 Å². The van der Waals surface area contributed by atoms with Gasteiger partial charge in [-0.25, -0.2) is 9.97 Å². The summed E-state index contributed by atoms with van der Waals surface area (Å²) in [7, 11) is 1.51. The average molecular weight is 522 g/mol. The number of hydrogen-bond donors (Lipinski definition) is 2. The van der Waals surface area contributed by atoms with Gasteiger partial charge >= 0.3 is 0 Å². The summed E-state index contributed by atoms with van der Waals surface area (Å²) in [5, 5.41) is 3.14. The van der Waals surface area contributed by atoms with Gasteiger partial charge in [-0.05, 0) is 50.7 Å². The first-order chi connectivity index (χ1) is 18.5. The van der Waals surface area contributed by atoms with E-state index in [4.69, 9.17) is 18.9 Å². The fourth-order valence-electron chi connectivity index (χ4n) is 5.13. The van der Waals surface area contributed by atoms with E-state index in [1.54, 1.807) is 4.90 Å². The number of aryl methyl sites for hydroxylation is 1. The van der Waals surface area contributed by atoms with Crippen LogP contribution in [0.1, 0.15) is 41.7 Å². The van der Waals surface area contributed by atoms with E-state index in [9.17, 15) is 9.59 Å². The molecular weight excluding hydrogens is 490 g/mol. The highest BCUT2D eigenvalue weighted by Gasteiger charge is 2.30. The van der Waals surface area contributed by atoms with Crippen LogP contribution in [0.25, 0.3) is 22.3 Å². The van der Waals surface area contributed by atoms with Gasteiger partial charge in [0, 0.05) is 31.9 Å². The monoisotopic (exact) mass is 521 g/mol. The highest BCUT2D eigenvalue weighted by molar-refractivity contribution is 6.09. The molecule has 1 aliphatic carbocycles. The van der Waals surface area contributed by atoms with Gasteiger partial charge in [-0.1, -0.05) is 0 Å². The Balaban J connectivity index is 1.28. The number of rotatable bonds is 8. The second-order valence-electron chi connectivity index (χ2n) is 10.1. The normalized spacial score (nSPS) is 17.2. The molecule has 0 bridgehead atoms. The lowest BCUT2D eigenvalue weighted by Gasteiger charge is -2.32. The molecule has 11 nitrogen and oxygen atoms in total. The number of benzene rings is 1. The first-order valence-corrected chi connectivity index (χ1v) is 13.0. The smallest absolute Gasteiger partial charge is 0.255 e. The number of carbonyl (C=O) groups excluding carboxylic acids is 2. The van der Waals surface area contributed by atoms with Crippen molar-refractivity contribution in [3.8, 4) is 28.5 Å². The molecule has 3 aliphatic rings. The molecule has 1 aromatic carbocycles. The Kier molecular flexibility index (Phi) is 6.52. The van der Waals surface area contributed by atoms with Crippen LogP contribution in [-0.2, 0) is 9.53 Å². The molecule has 3 aromatic rings. The zero-order valence-electron chi connectivity index (χ0n) is 21.5. The Morgan fingerprint density at radius 2 is 1.97 bits per heavy atom. The number of nitrogens with zero attached hydrogens (tertiary/aromatic N) is 3. The Hall–Kier alpha value is -3.86. The maximum absolute atomic E-state index is 13.5. The number of carbonyl (C=O) groups is 2. The van der Waals surface area contributed by atoms with E-state index in [0.717, 1.165) is 0 Å². The summed E-state index contributed by atoms with van der Waals surface area (Å²) in [6, 6.07) is 3.69. The van der Waals surface area contributed by atoms with Crippen LogP contribution >= 0.6 is 0 Å². The summed E-state index contributed by atoms with van der Waals surface area (Å²) in [5.41, 5.74) is 3.62. The molecule has 2 fully saturated rings. The number of nitrogens with one attached hydrogen (secondary N) is 2. The van der Waals surface area contributed by atoms with Crippen molar-refractivity contribution in [2.45, 2.75) is 38.6 Å². The molecule has 0 atom stereocenters. The topological polar surface area (TPSA) is 128 Å². The van der Waals surface area contributed by atoms with Crippen molar-refractivity contribution >= 4 is 22.8 Å². The minimum atomic E-state index is -0.205.